The van der Waals surface area contributed by atoms with Gasteiger partial charge in [0.05, 0.1) is 5.38 Å². The summed E-state index contributed by atoms with van der Waals surface area (Å²) < 4.78 is 6.57. The Morgan fingerprint density at radius 1 is 0.909 bits per heavy atom. The summed E-state index contributed by atoms with van der Waals surface area (Å²) in [5.74, 6) is 2.79. The number of alkyl halides is 1. The topological polar surface area (TPSA) is 9.23 Å². The van der Waals surface area contributed by atoms with Crippen LogP contribution in [0.3, 0.4) is 0 Å². The van der Waals surface area contributed by atoms with Crippen molar-refractivity contribution in [2.45, 2.75) is 61.8 Å². The molecule has 1 fully saturated rings. The van der Waals surface area contributed by atoms with Gasteiger partial charge in [-0.05, 0) is 85.6 Å². The minimum Gasteiger partial charge on any atom is -0.486 e. The zero-order chi connectivity index (χ0) is 22.0. The third-order valence-corrected chi connectivity index (χ3v) is 9.43. The smallest absolute Gasteiger partial charge is 0.124 e. The molecule has 1 nitrogen and oxygen atoms in total. The summed E-state index contributed by atoms with van der Waals surface area (Å²) in [6, 6.07) is 11.4. The highest BCUT2D eigenvalue weighted by atomic mass is 35.5. The van der Waals surface area contributed by atoms with Crippen molar-refractivity contribution in [2.24, 2.45) is 17.8 Å². The minimum absolute atomic E-state index is 0.0106. The predicted molar refractivity (Wildman–Crippen MR) is 135 cm³/mol. The van der Waals surface area contributed by atoms with Crippen molar-refractivity contribution in [2.75, 3.05) is 0 Å². The van der Waals surface area contributed by atoms with Gasteiger partial charge in [0.2, 0.25) is 0 Å². The first-order valence-corrected chi connectivity index (χ1v) is 13.2. The summed E-state index contributed by atoms with van der Waals surface area (Å²) in [6.45, 7) is 0. The summed E-state index contributed by atoms with van der Waals surface area (Å²) in [6.07, 6.45) is 24.8. The van der Waals surface area contributed by atoms with E-state index >= 15 is 0 Å². The zero-order valence-corrected chi connectivity index (χ0v) is 19.8. The highest BCUT2D eigenvalue weighted by Gasteiger charge is 2.56. The second-order valence-electron chi connectivity index (χ2n) is 10.6. The summed E-state index contributed by atoms with van der Waals surface area (Å²) in [5.41, 5.74) is 7.82. The molecule has 5 unspecified atom stereocenters. The molecule has 7 rings (SSSR count). The summed E-state index contributed by atoms with van der Waals surface area (Å²) in [5, 5.41) is 0.110. The molecule has 1 aromatic rings. The van der Waals surface area contributed by atoms with E-state index in [4.69, 9.17) is 16.3 Å². The minimum atomic E-state index is 0.0106. The molecule has 33 heavy (non-hydrogen) atoms. The Morgan fingerprint density at radius 3 is 2.70 bits per heavy atom. The lowest BCUT2D eigenvalue weighted by Gasteiger charge is -2.45. The summed E-state index contributed by atoms with van der Waals surface area (Å²) >= 11 is 6.49. The van der Waals surface area contributed by atoms with Crippen molar-refractivity contribution >= 4 is 11.6 Å². The van der Waals surface area contributed by atoms with Gasteiger partial charge in [0, 0.05) is 11.3 Å². The van der Waals surface area contributed by atoms with Gasteiger partial charge in [-0.2, -0.15) is 0 Å². The van der Waals surface area contributed by atoms with Gasteiger partial charge in [-0.1, -0.05) is 71.9 Å². The monoisotopic (exact) mass is 454 g/mol. The van der Waals surface area contributed by atoms with E-state index in [9.17, 15) is 0 Å². The largest absolute Gasteiger partial charge is 0.486 e. The lowest BCUT2D eigenvalue weighted by atomic mass is 9.57. The van der Waals surface area contributed by atoms with Crippen LogP contribution in [0.4, 0.5) is 0 Å². The van der Waals surface area contributed by atoms with Crippen LogP contribution < -0.4 is 0 Å². The molecule has 0 radical (unpaired) electrons. The Bertz CT molecular complexity index is 1160. The number of allylic oxidation sites excluding steroid dienone is 10. The average Bonchev–Trinajstić information content (AvgIpc) is 3.38. The molecule has 0 amide bonds. The van der Waals surface area contributed by atoms with Gasteiger partial charge in [-0.15, -0.1) is 11.6 Å². The first-order valence-electron chi connectivity index (χ1n) is 12.8. The first-order chi connectivity index (χ1) is 16.3. The van der Waals surface area contributed by atoms with Crippen LogP contribution in [0.1, 0.15) is 50.5 Å². The highest BCUT2D eigenvalue weighted by molar-refractivity contribution is 6.22. The van der Waals surface area contributed by atoms with Crippen molar-refractivity contribution in [1.82, 2.24) is 0 Å². The molecule has 5 aliphatic carbocycles. The number of fused-ring (bicyclic) bond motifs is 5. The number of benzene rings is 1. The number of ether oxygens (including phenoxy) is 1. The van der Waals surface area contributed by atoms with Crippen LogP contribution in [0.2, 0.25) is 0 Å². The van der Waals surface area contributed by atoms with Gasteiger partial charge in [-0.3, -0.25) is 0 Å². The van der Waals surface area contributed by atoms with Gasteiger partial charge in [0.15, 0.2) is 0 Å². The molecule has 0 spiro atoms. The molecule has 2 heteroatoms. The van der Waals surface area contributed by atoms with E-state index in [0.717, 1.165) is 37.9 Å². The fourth-order valence-corrected chi connectivity index (χ4v) is 8.15. The average molecular weight is 455 g/mol. The van der Waals surface area contributed by atoms with Gasteiger partial charge in [0.25, 0.3) is 0 Å². The SMILES string of the molecule is ClC1C=C2C(=CC1)O[C@H]1C=C(C3(c4ccccc4)C4=C(C=CCC4)C4CC=CCC43)CCC21. The molecule has 0 bridgehead atoms. The third kappa shape index (κ3) is 2.84. The van der Waals surface area contributed by atoms with E-state index < -0.39 is 0 Å². The molecule has 6 aliphatic rings. The predicted octanol–water partition coefficient (Wildman–Crippen LogP) is 7.72. The zero-order valence-electron chi connectivity index (χ0n) is 19.1. The van der Waals surface area contributed by atoms with Crippen molar-refractivity contribution in [3.05, 3.63) is 106 Å². The van der Waals surface area contributed by atoms with Gasteiger partial charge >= 0.3 is 0 Å². The van der Waals surface area contributed by atoms with Gasteiger partial charge < -0.3 is 4.74 Å². The lowest BCUT2D eigenvalue weighted by molar-refractivity contribution is 0.157. The Morgan fingerprint density at radius 2 is 1.79 bits per heavy atom. The van der Waals surface area contributed by atoms with Crippen molar-refractivity contribution in [3.8, 4) is 0 Å². The molecular weight excluding hydrogens is 424 g/mol. The number of rotatable bonds is 2. The molecule has 0 aromatic heterocycles. The molecule has 0 saturated carbocycles. The van der Waals surface area contributed by atoms with E-state index in [1.54, 1.807) is 16.7 Å². The van der Waals surface area contributed by atoms with E-state index in [-0.39, 0.29) is 16.9 Å². The van der Waals surface area contributed by atoms with Crippen LogP contribution in [-0.2, 0) is 10.2 Å². The summed E-state index contributed by atoms with van der Waals surface area (Å²) in [7, 11) is 0. The Kier molecular flexibility index (Phi) is 4.66. The van der Waals surface area contributed by atoms with E-state index in [2.05, 4.69) is 72.9 Å². The Balaban J connectivity index is 1.41. The van der Waals surface area contributed by atoms with Crippen molar-refractivity contribution < 1.29 is 4.74 Å². The Labute approximate surface area is 202 Å². The third-order valence-electron chi connectivity index (χ3n) is 9.13. The second kappa shape index (κ2) is 7.64. The molecule has 0 N–H and O–H groups in total. The molecule has 1 saturated heterocycles. The quantitative estimate of drug-likeness (QED) is 0.328. The normalized spacial score (nSPS) is 38.5. The number of hydrogen-bond donors (Lipinski definition) is 0. The van der Waals surface area contributed by atoms with Gasteiger partial charge in [0.1, 0.15) is 11.9 Å². The maximum absolute atomic E-state index is 6.57. The van der Waals surface area contributed by atoms with Crippen molar-refractivity contribution in [1.29, 1.82) is 0 Å². The summed E-state index contributed by atoms with van der Waals surface area (Å²) in [4.78, 5) is 0. The van der Waals surface area contributed by atoms with E-state index in [0.29, 0.717) is 17.8 Å². The number of halogens is 1. The standard InChI is InChI=1S/C31H31ClO/c32-22-15-17-29-26(19-22)25-16-14-21(18-30(25)33-29)31(20-8-2-1-3-9-20)27-12-6-4-10-23(27)24-11-5-7-13-28(24)31/h1-6,8-9,11,17-19,22-23,25,27,30H,7,10,12-16H2/t22?,23?,25?,27?,30-,31?/m0/s1. The van der Waals surface area contributed by atoms with Crippen LogP contribution >= 0.6 is 11.6 Å². The molecule has 6 atom stereocenters. The van der Waals surface area contributed by atoms with Crippen molar-refractivity contribution in [3.63, 3.8) is 0 Å². The van der Waals surface area contributed by atoms with Crippen LogP contribution in [0.15, 0.2) is 101 Å². The maximum atomic E-state index is 6.57. The van der Waals surface area contributed by atoms with E-state index in [1.807, 2.05) is 0 Å². The maximum Gasteiger partial charge on any atom is 0.124 e. The molecule has 1 aromatic carbocycles. The highest BCUT2D eigenvalue weighted by Crippen LogP contribution is 2.63. The second-order valence-corrected chi connectivity index (χ2v) is 11.1. The lowest BCUT2D eigenvalue weighted by Crippen LogP contribution is -2.41. The number of hydrogen-bond acceptors (Lipinski definition) is 1. The van der Waals surface area contributed by atoms with Gasteiger partial charge in [-0.25, -0.2) is 0 Å². The fraction of sp³-hybridized carbons (Fsp3) is 0.419. The van der Waals surface area contributed by atoms with Crippen LogP contribution in [0.25, 0.3) is 0 Å². The van der Waals surface area contributed by atoms with Crippen LogP contribution in [-0.4, -0.2) is 11.5 Å². The molecule has 168 valence electrons. The molecule has 1 aliphatic heterocycles. The Hall–Kier alpha value is -2.25. The van der Waals surface area contributed by atoms with E-state index in [1.165, 1.54) is 24.0 Å². The molecule has 1 heterocycles. The van der Waals surface area contributed by atoms with Crippen LogP contribution in [0.5, 0.6) is 0 Å². The fourth-order valence-electron chi connectivity index (χ4n) is 7.92. The first kappa shape index (κ1) is 20.2. The van der Waals surface area contributed by atoms with Crippen LogP contribution in [0, 0.1) is 17.8 Å². The molecular formula is C31H31ClO.